The number of sulfonamides is 1. The zero-order valence-corrected chi connectivity index (χ0v) is 33.9. The highest BCUT2D eigenvalue weighted by Crippen LogP contribution is 2.51. The molecule has 0 unspecified atom stereocenters. The molecular formula is C40H49F4N5O9S. The van der Waals surface area contributed by atoms with Gasteiger partial charge in [0, 0.05) is 29.8 Å². The number of pyridine rings is 1. The van der Waals surface area contributed by atoms with Gasteiger partial charge >= 0.3 is 12.3 Å². The van der Waals surface area contributed by atoms with E-state index in [4.69, 9.17) is 9.47 Å². The maximum Gasteiger partial charge on any atom is 0.437 e. The number of allylic oxidation sites excluding steroid dienone is 1. The Morgan fingerprint density at radius 1 is 1.15 bits per heavy atom. The molecule has 322 valence electrons. The molecule has 4 amide bonds. The Bertz CT molecular complexity index is 2180. The van der Waals surface area contributed by atoms with Crippen LogP contribution >= 0.6 is 0 Å². The van der Waals surface area contributed by atoms with Crippen molar-refractivity contribution in [3.8, 4) is 11.5 Å². The van der Waals surface area contributed by atoms with E-state index < -0.39 is 98.8 Å². The van der Waals surface area contributed by atoms with Crippen LogP contribution in [0.15, 0.2) is 30.4 Å². The summed E-state index contributed by atoms with van der Waals surface area (Å²) in [4.78, 5) is 62.3. The molecule has 5 aliphatic rings. The highest BCUT2D eigenvalue weighted by Gasteiger charge is 2.64. The van der Waals surface area contributed by atoms with Crippen molar-refractivity contribution in [2.45, 2.75) is 126 Å². The van der Waals surface area contributed by atoms with Crippen LogP contribution in [0, 0.1) is 11.8 Å². The van der Waals surface area contributed by atoms with E-state index in [1.54, 1.807) is 19.9 Å². The molecule has 2 aliphatic carbocycles. The summed E-state index contributed by atoms with van der Waals surface area (Å²) in [5, 5.41) is 13.4. The van der Waals surface area contributed by atoms with Gasteiger partial charge in [0.15, 0.2) is 11.4 Å². The van der Waals surface area contributed by atoms with E-state index >= 15 is 0 Å². The first-order valence-corrected chi connectivity index (χ1v) is 21.5. The van der Waals surface area contributed by atoms with Crippen LogP contribution in [0.2, 0.25) is 0 Å². The zero-order valence-electron chi connectivity index (χ0n) is 33.1. The van der Waals surface area contributed by atoms with Gasteiger partial charge in [-0.15, -0.1) is 0 Å². The third kappa shape index (κ3) is 8.14. The highest BCUT2D eigenvalue weighted by atomic mass is 32.2. The fourth-order valence-electron chi connectivity index (χ4n) is 8.72. The van der Waals surface area contributed by atoms with Gasteiger partial charge in [0.05, 0.1) is 16.8 Å². The minimum absolute atomic E-state index is 0.00525. The van der Waals surface area contributed by atoms with Crippen molar-refractivity contribution < 1.29 is 59.7 Å². The van der Waals surface area contributed by atoms with Gasteiger partial charge < -0.3 is 24.8 Å². The Morgan fingerprint density at radius 3 is 2.56 bits per heavy atom. The molecule has 0 radical (unpaired) electrons. The quantitative estimate of drug-likeness (QED) is 0.223. The summed E-state index contributed by atoms with van der Waals surface area (Å²) < 4.78 is 96.1. The summed E-state index contributed by atoms with van der Waals surface area (Å²) in [5.74, 6) is -3.91. The minimum atomic E-state index is -5.00. The minimum Gasteiger partial charge on any atom is -0.483 e. The van der Waals surface area contributed by atoms with E-state index in [0.29, 0.717) is 38.5 Å². The van der Waals surface area contributed by atoms with Crippen LogP contribution in [-0.4, -0.2) is 100 Å². The van der Waals surface area contributed by atoms with Crippen molar-refractivity contribution in [3.05, 3.63) is 41.6 Å². The van der Waals surface area contributed by atoms with Gasteiger partial charge in [0.2, 0.25) is 28.7 Å². The van der Waals surface area contributed by atoms with E-state index in [9.17, 15) is 50.3 Å². The standard InChI is InChI=1S/C40H49F4N5O9S/c1-23(2)20-48(36(53)54)29-10-8-6-4-5-7-9-24-18-39(24,35(52)47-59(55,56)37(3)15-16-37)46-33(50)30-19-38(21-49(30)34(29)51)14-13-26-27-17-25(57-22-41)11-12-28(27)45-32(31(26)58-38)40(42,43)44/h7,9,11-12,17,23-24,29-30H,4-6,8,10,13-16,18-22H2,1-3H3,(H,46,50)(H,47,52)(H,53,54)/b9-7-/t24-,29+,30+,38-,39-/m1/s1. The second-order valence-electron chi connectivity index (χ2n) is 17.2. The lowest BCUT2D eigenvalue weighted by Gasteiger charge is -2.38. The van der Waals surface area contributed by atoms with Crippen LogP contribution in [0.1, 0.15) is 96.2 Å². The second kappa shape index (κ2) is 15.4. The molecule has 3 aliphatic heterocycles. The van der Waals surface area contributed by atoms with Gasteiger partial charge in [-0.25, -0.2) is 22.6 Å². The molecule has 1 aromatic carbocycles. The lowest BCUT2D eigenvalue weighted by atomic mass is 9.87. The van der Waals surface area contributed by atoms with Gasteiger partial charge in [0.1, 0.15) is 29.0 Å². The predicted octanol–water partition coefficient (Wildman–Crippen LogP) is 5.62. The number of rotatable bonds is 8. The fraction of sp³-hybridized carbons (Fsp3) is 0.625. The molecule has 59 heavy (non-hydrogen) atoms. The molecule has 1 spiro atoms. The lowest BCUT2D eigenvalue weighted by molar-refractivity contribution is -0.145. The normalized spacial score (nSPS) is 28.6. The Balaban J connectivity index is 1.30. The van der Waals surface area contributed by atoms with Crippen LogP contribution in [0.25, 0.3) is 10.9 Å². The number of aromatic nitrogens is 1. The van der Waals surface area contributed by atoms with Crippen LogP contribution < -0.4 is 19.5 Å². The molecule has 14 nitrogen and oxygen atoms in total. The summed E-state index contributed by atoms with van der Waals surface area (Å²) in [6.07, 6.45) is 0.00475. The maximum absolute atomic E-state index is 14.9. The summed E-state index contributed by atoms with van der Waals surface area (Å²) in [6.45, 7) is 3.48. The molecule has 3 fully saturated rings. The predicted molar refractivity (Wildman–Crippen MR) is 204 cm³/mol. The average Bonchev–Trinajstić information content (AvgIpc) is 4.05. The molecule has 4 heterocycles. The maximum atomic E-state index is 14.9. The number of fused-ring (bicyclic) bond motifs is 5. The SMILES string of the molecule is CC(C)CN(C(=O)O)[C@H]1CCCCC/C=C\[C@@H]2C[C@@]2(C(=O)NS(=O)(=O)C2(C)CC2)NC(=O)[C@@H]2C[C@]3(CCc4c(c(C(F)(F)F)nc5ccc(OCF)cc45)O3)CN2C1=O. The van der Waals surface area contributed by atoms with E-state index in [2.05, 4.69) is 15.0 Å². The zero-order chi connectivity index (χ0) is 42.7. The van der Waals surface area contributed by atoms with Crippen molar-refractivity contribution >= 4 is 44.7 Å². The van der Waals surface area contributed by atoms with E-state index in [-0.39, 0.29) is 66.8 Å². The van der Waals surface area contributed by atoms with Crippen LogP contribution in [0.4, 0.5) is 22.4 Å². The average molecular weight is 852 g/mol. The monoisotopic (exact) mass is 851 g/mol. The smallest absolute Gasteiger partial charge is 0.437 e. The number of benzene rings is 1. The number of carbonyl (C=O) groups excluding carboxylic acids is 3. The third-order valence-corrected chi connectivity index (χ3v) is 14.6. The Labute approximate surface area is 339 Å². The summed E-state index contributed by atoms with van der Waals surface area (Å²) in [5.41, 5.74) is -4.58. The summed E-state index contributed by atoms with van der Waals surface area (Å²) in [6, 6.07) is 1.21. The molecule has 2 aromatic rings. The molecule has 1 aromatic heterocycles. The van der Waals surface area contributed by atoms with Gasteiger partial charge in [-0.2, -0.15) is 13.2 Å². The Hall–Kier alpha value is -4.68. The third-order valence-electron chi connectivity index (χ3n) is 12.4. The first-order valence-electron chi connectivity index (χ1n) is 20.0. The molecule has 5 atom stereocenters. The number of amides is 4. The topological polar surface area (TPSA) is 185 Å². The van der Waals surface area contributed by atoms with Crippen LogP contribution in [0.5, 0.6) is 11.5 Å². The van der Waals surface area contributed by atoms with E-state index in [0.717, 1.165) is 9.80 Å². The molecular weight excluding hydrogens is 803 g/mol. The molecule has 7 rings (SSSR count). The van der Waals surface area contributed by atoms with Crippen LogP contribution in [0.3, 0.4) is 0 Å². The molecule has 19 heteroatoms. The number of halogens is 4. The first-order chi connectivity index (χ1) is 27.7. The van der Waals surface area contributed by atoms with Crippen molar-refractivity contribution in [1.82, 2.24) is 24.8 Å². The summed E-state index contributed by atoms with van der Waals surface area (Å²) in [7, 11) is -4.12. The largest absolute Gasteiger partial charge is 0.483 e. The number of nitrogens with zero attached hydrogens (tertiary/aromatic N) is 3. The number of carbonyl (C=O) groups is 4. The molecule has 2 saturated carbocycles. The number of ether oxygens (including phenoxy) is 2. The Morgan fingerprint density at radius 2 is 1.90 bits per heavy atom. The molecule has 3 N–H and O–H groups in total. The number of hydrogen-bond donors (Lipinski definition) is 3. The Kier molecular flexibility index (Phi) is 11.1. The van der Waals surface area contributed by atoms with Crippen molar-refractivity contribution in [2.75, 3.05) is 20.0 Å². The first kappa shape index (κ1) is 42.4. The van der Waals surface area contributed by atoms with Gasteiger partial charge in [0.25, 0.3) is 5.91 Å². The van der Waals surface area contributed by atoms with Crippen molar-refractivity contribution in [2.24, 2.45) is 11.8 Å². The van der Waals surface area contributed by atoms with Crippen molar-refractivity contribution in [1.29, 1.82) is 0 Å². The number of nitrogens with one attached hydrogen (secondary N) is 2. The number of aryl methyl sites for hydroxylation is 1. The number of alkyl halides is 4. The highest BCUT2D eigenvalue weighted by molar-refractivity contribution is 7.91. The van der Waals surface area contributed by atoms with Gasteiger partial charge in [-0.3, -0.25) is 24.0 Å². The lowest BCUT2D eigenvalue weighted by Crippen LogP contribution is -2.59. The molecule has 0 bridgehead atoms. The fourth-order valence-corrected chi connectivity index (χ4v) is 10.0. The van der Waals surface area contributed by atoms with Crippen molar-refractivity contribution in [3.63, 3.8) is 0 Å². The van der Waals surface area contributed by atoms with E-state index in [1.807, 2.05) is 6.08 Å². The number of carboxylic acid groups (broad SMARTS) is 1. The van der Waals surface area contributed by atoms with E-state index in [1.165, 1.54) is 25.1 Å². The second-order valence-corrected chi connectivity index (χ2v) is 19.4. The molecule has 1 saturated heterocycles. The van der Waals surface area contributed by atoms with Gasteiger partial charge in [-0.1, -0.05) is 38.8 Å². The summed E-state index contributed by atoms with van der Waals surface area (Å²) >= 11 is 0. The van der Waals surface area contributed by atoms with Crippen LogP contribution in [-0.2, 0) is 37.0 Å². The number of hydrogen-bond acceptors (Lipinski definition) is 9. The van der Waals surface area contributed by atoms with Gasteiger partial charge in [-0.05, 0) is 82.4 Å².